The van der Waals surface area contributed by atoms with Crippen molar-refractivity contribution in [2.75, 3.05) is 11.4 Å². The summed E-state index contributed by atoms with van der Waals surface area (Å²) >= 11 is 0. The van der Waals surface area contributed by atoms with Gasteiger partial charge in [0.05, 0.1) is 6.54 Å². The smallest absolute Gasteiger partial charge is 0.371 e. The van der Waals surface area contributed by atoms with Gasteiger partial charge in [-0.25, -0.2) is 4.79 Å². The number of aromatic carboxylic acids is 1. The van der Waals surface area contributed by atoms with Crippen LogP contribution in [0.4, 0.5) is 5.88 Å². The number of hydrogen-bond donors (Lipinski definition) is 1. The number of fused-ring (bicyclic) bond motifs is 1. The van der Waals surface area contributed by atoms with Crippen LogP contribution in [0.5, 0.6) is 0 Å². The molecule has 7 heteroatoms. The van der Waals surface area contributed by atoms with Gasteiger partial charge in [-0.3, -0.25) is 0 Å². The Morgan fingerprint density at radius 3 is 3.06 bits per heavy atom. The molecule has 3 rings (SSSR count). The van der Waals surface area contributed by atoms with Gasteiger partial charge in [0.25, 0.3) is 0 Å². The molecule has 0 unspecified atom stereocenters. The van der Waals surface area contributed by atoms with E-state index in [4.69, 9.17) is 9.52 Å². The quantitative estimate of drug-likeness (QED) is 0.818. The second kappa shape index (κ2) is 3.62. The van der Waals surface area contributed by atoms with Crippen molar-refractivity contribution in [3.05, 3.63) is 30.0 Å². The van der Waals surface area contributed by atoms with E-state index in [2.05, 4.69) is 10.2 Å². The molecule has 0 amide bonds. The lowest BCUT2D eigenvalue weighted by molar-refractivity contribution is 0.0663. The molecule has 0 spiro atoms. The minimum absolute atomic E-state index is 0.0490. The van der Waals surface area contributed by atoms with Crippen LogP contribution in [0, 0.1) is 0 Å². The zero-order valence-corrected chi connectivity index (χ0v) is 8.91. The molecule has 2 aromatic rings. The molecule has 0 saturated heterocycles. The Labute approximate surface area is 96.3 Å². The molecule has 0 aromatic carbocycles. The van der Waals surface area contributed by atoms with Crippen LogP contribution in [0.1, 0.15) is 16.4 Å². The van der Waals surface area contributed by atoms with E-state index < -0.39 is 5.97 Å². The first-order valence-corrected chi connectivity index (χ1v) is 5.19. The van der Waals surface area contributed by atoms with Gasteiger partial charge in [-0.2, -0.15) is 0 Å². The third-order valence-corrected chi connectivity index (χ3v) is 2.75. The molecule has 0 radical (unpaired) electrons. The van der Waals surface area contributed by atoms with Crippen LogP contribution in [0.3, 0.4) is 0 Å². The number of furan rings is 1. The second-order valence-corrected chi connectivity index (χ2v) is 3.81. The monoisotopic (exact) mass is 234 g/mol. The fourth-order valence-corrected chi connectivity index (χ4v) is 1.87. The van der Waals surface area contributed by atoms with Crippen molar-refractivity contribution in [3.63, 3.8) is 0 Å². The van der Waals surface area contributed by atoms with Crippen LogP contribution in [-0.4, -0.2) is 32.4 Å². The molecule has 0 aliphatic carbocycles. The Balaban J connectivity index is 1.84. The normalized spacial score (nSPS) is 14.7. The predicted molar refractivity (Wildman–Crippen MR) is 56.7 cm³/mol. The first kappa shape index (κ1) is 9.88. The average Bonchev–Trinajstić information content (AvgIpc) is 2.97. The minimum Gasteiger partial charge on any atom is -0.475 e. The van der Waals surface area contributed by atoms with Crippen LogP contribution < -0.4 is 4.90 Å². The van der Waals surface area contributed by atoms with Crippen molar-refractivity contribution in [2.24, 2.45) is 0 Å². The van der Waals surface area contributed by atoms with Crippen LogP contribution >= 0.6 is 0 Å². The standard InChI is InChI=1S/C10H10N4O3/c15-10(16)7-1-2-9(17-7)13-3-4-14-6-11-12-8(14)5-13/h1-2,6H,3-5H2,(H,15,16). The highest BCUT2D eigenvalue weighted by atomic mass is 16.4. The summed E-state index contributed by atoms with van der Waals surface area (Å²) in [5, 5.41) is 16.6. The van der Waals surface area contributed by atoms with E-state index >= 15 is 0 Å². The van der Waals surface area contributed by atoms with Gasteiger partial charge in [0.2, 0.25) is 5.76 Å². The molecular formula is C10H10N4O3. The Morgan fingerprint density at radius 2 is 2.29 bits per heavy atom. The van der Waals surface area contributed by atoms with E-state index in [0.29, 0.717) is 12.4 Å². The predicted octanol–water partition coefficient (Wildman–Crippen LogP) is 0.589. The number of carbonyl (C=O) groups is 1. The molecule has 1 aliphatic rings. The zero-order valence-electron chi connectivity index (χ0n) is 8.91. The molecule has 1 aliphatic heterocycles. The average molecular weight is 234 g/mol. The highest BCUT2D eigenvalue weighted by Gasteiger charge is 2.21. The number of carboxylic acid groups (broad SMARTS) is 1. The fourth-order valence-electron chi connectivity index (χ4n) is 1.87. The maximum absolute atomic E-state index is 10.7. The number of rotatable bonds is 2. The Morgan fingerprint density at radius 1 is 1.41 bits per heavy atom. The Kier molecular flexibility index (Phi) is 2.10. The second-order valence-electron chi connectivity index (χ2n) is 3.81. The summed E-state index contributed by atoms with van der Waals surface area (Å²) in [4.78, 5) is 12.7. The Bertz CT molecular complexity index is 559. The van der Waals surface area contributed by atoms with Crippen molar-refractivity contribution in [1.29, 1.82) is 0 Å². The lowest BCUT2D eigenvalue weighted by Gasteiger charge is -2.26. The summed E-state index contributed by atoms with van der Waals surface area (Å²) < 4.78 is 7.21. The zero-order chi connectivity index (χ0) is 11.8. The summed E-state index contributed by atoms with van der Waals surface area (Å²) in [6.07, 6.45) is 1.69. The van der Waals surface area contributed by atoms with Gasteiger partial charge in [-0.05, 0) is 6.07 Å². The SMILES string of the molecule is O=C(O)c1ccc(N2CCn3cnnc3C2)o1. The van der Waals surface area contributed by atoms with Crippen LogP contribution in [0.2, 0.25) is 0 Å². The van der Waals surface area contributed by atoms with Gasteiger partial charge in [0.1, 0.15) is 6.33 Å². The van der Waals surface area contributed by atoms with Crippen LogP contribution in [-0.2, 0) is 13.1 Å². The minimum atomic E-state index is -1.06. The fraction of sp³-hybridized carbons (Fsp3) is 0.300. The first-order valence-electron chi connectivity index (χ1n) is 5.19. The maximum Gasteiger partial charge on any atom is 0.371 e. The molecule has 0 fully saturated rings. The highest BCUT2D eigenvalue weighted by molar-refractivity contribution is 5.84. The van der Waals surface area contributed by atoms with E-state index in [1.807, 2.05) is 9.47 Å². The van der Waals surface area contributed by atoms with Gasteiger partial charge < -0.3 is 19.0 Å². The molecular weight excluding hydrogens is 224 g/mol. The molecule has 0 bridgehead atoms. The number of anilines is 1. The van der Waals surface area contributed by atoms with Crippen molar-refractivity contribution < 1.29 is 14.3 Å². The molecule has 88 valence electrons. The van der Waals surface area contributed by atoms with Gasteiger partial charge in [0, 0.05) is 19.2 Å². The van der Waals surface area contributed by atoms with Crippen molar-refractivity contribution >= 4 is 11.9 Å². The van der Waals surface area contributed by atoms with Crippen LogP contribution in [0.25, 0.3) is 0 Å². The molecule has 17 heavy (non-hydrogen) atoms. The first-order chi connectivity index (χ1) is 8.24. The van der Waals surface area contributed by atoms with Gasteiger partial charge >= 0.3 is 5.97 Å². The molecule has 0 saturated carbocycles. The summed E-state index contributed by atoms with van der Waals surface area (Å²) in [6.45, 7) is 2.09. The molecule has 1 N–H and O–H groups in total. The topological polar surface area (TPSA) is 84.4 Å². The number of carboxylic acids is 1. The van der Waals surface area contributed by atoms with E-state index in [9.17, 15) is 4.79 Å². The van der Waals surface area contributed by atoms with E-state index in [-0.39, 0.29) is 5.76 Å². The molecule has 3 heterocycles. The van der Waals surface area contributed by atoms with Gasteiger partial charge in [0.15, 0.2) is 11.7 Å². The third kappa shape index (κ3) is 1.65. The molecule has 0 atom stereocenters. The van der Waals surface area contributed by atoms with Gasteiger partial charge in [-0.1, -0.05) is 0 Å². The van der Waals surface area contributed by atoms with E-state index in [1.165, 1.54) is 6.07 Å². The van der Waals surface area contributed by atoms with Crippen molar-refractivity contribution in [3.8, 4) is 0 Å². The Hall–Kier alpha value is -2.31. The lowest BCUT2D eigenvalue weighted by Crippen LogP contribution is -2.33. The lowest BCUT2D eigenvalue weighted by atomic mass is 10.3. The largest absolute Gasteiger partial charge is 0.475 e. The maximum atomic E-state index is 10.7. The van der Waals surface area contributed by atoms with E-state index in [1.54, 1.807) is 12.4 Å². The summed E-state index contributed by atoms with van der Waals surface area (Å²) in [5.41, 5.74) is 0. The van der Waals surface area contributed by atoms with Gasteiger partial charge in [-0.15, -0.1) is 10.2 Å². The highest BCUT2D eigenvalue weighted by Crippen LogP contribution is 2.22. The number of hydrogen-bond acceptors (Lipinski definition) is 5. The summed E-state index contributed by atoms with van der Waals surface area (Å²) in [7, 11) is 0. The van der Waals surface area contributed by atoms with Crippen LogP contribution in [0.15, 0.2) is 22.9 Å². The van der Waals surface area contributed by atoms with Crippen molar-refractivity contribution in [1.82, 2.24) is 14.8 Å². The number of nitrogens with zero attached hydrogens (tertiary/aromatic N) is 4. The molecule has 7 nitrogen and oxygen atoms in total. The summed E-state index contributed by atoms with van der Waals surface area (Å²) in [6, 6.07) is 3.12. The third-order valence-electron chi connectivity index (χ3n) is 2.75. The van der Waals surface area contributed by atoms with Crippen molar-refractivity contribution in [2.45, 2.75) is 13.1 Å². The number of aromatic nitrogens is 3. The van der Waals surface area contributed by atoms with E-state index in [0.717, 1.165) is 18.9 Å². The molecule has 2 aromatic heterocycles. The summed E-state index contributed by atoms with van der Waals surface area (Å²) in [5.74, 6) is 0.296.